The number of hydrogen-bond donors (Lipinski definition) is 2. The summed E-state index contributed by atoms with van der Waals surface area (Å²) < 4.78 is 26.8. The third-order valence-corrected chi connectivity index (χ3v) is 9.71. The number of nitrogens with two attached hydrogens (primary N) is 1. The summed E-state index contributed by atoms with van der Waals surface area (Å²) in [7, 11) is 3.26. The molecule has 15 heteroatoms. The number of methoxy groups -OCH3 is 2. The molecule has 0 saturated carbocycles. The van der Waals surface area contributed by atoms with Gasteiger partial charge >= 0.3 is 0 Å². The Bertz CT molecular complexity index is 2700. The van der Waals surface area contributed by atoms with Crippen LogP contribution in [0.4, 0.5) is 5.82 Å². The molecule has 0 aliphatic carbocycles. The molecule has 4 aromatic carbocycles. The van der Waals surface area contributed by atoms with Crippen LogP contribution in [0.15, 0.2) is 115 Å². The Labute approximate surface area is 360 Å². The predicted molar refractivity (Wildman–Crippen MR) is 238 cm³/mol. The SMILES string of the molecule is COc1ccc(Cn2cnc(=O)c3[nH]c(C(C)C)nc32)cc1OCc1ccccc1.COc1ccc(Cn2cnc(N)c3nc(C(C)C)nc2-3)cc1OCc1ccccc1.Cl. The Morgan fingerprint density at radius 2 is 1.18 bits per heavy atom. The highest BCUT2D eigenvalue weighted by Gasteiger charge is 2.21. The second-order valence-corrected chi connectivity index (χ2v) is 14.8. The van der Waals surface area contributed by atoms with Crippen LogP contribution in [0.2, 0.25) is 0 Å². The second kappa shape index (κ2) is 19.9. The zero-order valence-corrected chi connectivity index (χ0v) is 35.8. The summed E-state index contributed by atoms with van der Waals surface area (Å²) >= 11 is 0. The number of benzene rings is 4. The van der Waals surface area contributed by atoms with Crippen LogP contribution in [0.3, 0.4) is 0 Å². The number of aromatic nitrogens is 8. The Morgan fingerprint density at radius 3 is 1.70 bits per heavy atom. The monoisotopic (exact) mass is 843 g/mol. The average molecular weight is 844 g/mol. The van der Waals surface area contributed by atoms with Gasteiger partial charge in [0, 0.05) is 11.8 Å². The number of H-pyrrole nitrogens is 1. The fourth-order valence-electron chi connectivity index (χ4n) is 6.44. The summed E-state index contributed by atoms with van der Waals surface area (Å²) in [6.07, 6.45) is 3.23. The fraction of sp³-hybridized carbons (Fsp3) is 0.261. The van der Waals surface area contributed by atoms with Gasteiger partial charge in [-0.15, -0.1) is 12.4 Å². The van der Waals surface area contributed by atoms with Crippen molar-refractivity contribution < 1.29 is 18.9 Å². The number of rotatable bonds is 14. The van der Waals surface area contributed by atoms with E-state index in [1.165, 1.54) is 6.33 Å². The quantitative estimate of drug-likeness (QED) is 0.108. The van der Waals surface area contributed by atoms with Crippen molar-refractivity contribution >= 4 is 29.4 Å². The zero-order valence-electron chi connectivity index (χ0n) is 35.0. The van der Waals surface area contributed by atoms with Crippen molar-refractivity contribution in [2.24, 2.45) is 0 Å². The van der Waals surface area contributed by atoms with E-state index in [0.717, 1.165) is 39.7 Å². The minimum Gasteiger partial charge on any atom is -0.493 e. The largest absolute Gasteiger partial charge is 0.493 e. The van der Waals surface area contributed by atoms with E-state index in [4.69, 9.17) is 24.7 Å². The first-order valence-electron chi connectivity index (χ1n) is 19.7. The molecule has 14 nitrogen and oxygen atoms in total. The van der Waals surface area contributed by atoms with Gasteiger partial charge in [0.15, 0.2) is 51.5 Å². The lowest BCUT2D eigenvalue weighted by Gasteiger charge is -2.15. The van der Waals surface area contributed by atoms with E-state index in [-0.39, 0.29) is 29.8 Å². The van der Waals surface area contributed by atoms with Gasteiger partial charge in [-0.3, -0.25) is 4.79 Å². The molecule has 0 amide bonds. The number of ether oxygens (including phenoxy) is 4. The molecule has 2 aliphatic heterocycles. The summed E-state index contributed by atoms with van der Waals surface area (Å²) in [6, 6.07) is 31.7. The molecule has 8 rings (SSSR count). The van der Waals surface area contributed by atoms with Gasteiger partial charge in [0.05, 0.1) is 33.6 Å². The molecule has 0 unspecified atom stereocenters. The molecule has 0 saturated heterocycles. The lowest BCUT2D eigenvalue weighted by Crippen LogP contribution is -2.13. The van der Waals surface area contributed by atoms with Crippen molar-refractivity contribution in [3.8, 4) is 34.5 Å². The Kier molecular flexibility index (Phi) is 14.2. The lowest BCUT2D eigenvalue weighted by molar-refractivity contribution is 0.284. The summed E-state index contributed by atoms with van der Waals surface area (Å²) in [5.41, 5.74) is 11.6. The number of aromatic amines is 1. The molecule has 2 aliphatic rings. The zero-order chi connectivity index (χ0) is 42.2. The molecule has 4 heterocycles. The van der Waals surface area contributed by atoms with Gasteiger partial charge in [-0.2, -0.15) is 4.98 Å². The van der Waals surface area contributed by atoms with Gasteiger partial charge < -0.3 is 38.8 Å². The van der Waals surface area contributed by atoms with Crippen molar-refractivity contribution in [1.82, 2.24) is 39.0 Å². The molecule has 0 fully saturated rings. The average Bonchev–Trinajstić information content (AvgIpc) is 3.94. The van der Waals surface area contributed by atoms with Crippen LogP contribution >= 0.6 is 12.4 Å². The van der Waals surface area contributed by atoms with E-state index in [2.05, 4.69) is 43.8 Å². The highest BCUT2D eigenvalue weighted by atomic mass is 35.5. The van der Waals surface area contributed by atoms with E-state index < -0.39 is 0 Å². The highest BCUT2D eigenvalue weighted by Crippen LogP contribution is 2.32. The molecule has 0 bridgehead atoms. The third kappa shape index (κ3) is 10.5. The maximum Gasteiger partial charge on any atom is 0.298 e. The maximum atomic E-state index is 12.1. The molecule has 0 atom stereocenters. The molecule has 0 spiro atoms. The molecule has 316 valence electrons. The Morgan fingerprint density at radius 1 is 0.639 bits per heavy atom. The highest BCUT2D eigenvalue weighted by molar-refractivity contribution is 5.85. The molecular weight excluding hydrogens is 794 g/mol. The molecule has 2 aromatic heterocycles. The van der Waals surface area contributed by atoms with Gasteiger partial charge in [-0.1, -0.05) is 100 Å². The van der Waals surface area contributed by atoms with Crippen molar-refractivity contribution in [3.05, 3.63) is 154 Å². The van der Waals surface area contributed by atoms with Crippen molar-refractivity contribution in [2.75, 3.05) is 20.0 Å². The van der Waals surface area contributed by atoms with Crippen molar-refractivity contribution in [1.29, 1.82) is 0 Å². The van der Waals surface area contributed by atoms with Gasteiger partial charge in [-0.25, -0.2) is 19.9 Å². The van der Waals surface area contributed by atoms with Crippen molar-refractivity contribution in [3.63, 3.8) is 0 Å². The number of anilines is 1. The van der Waals surface area contributed by atoms with E-state index in [0.29, 0.717) is 72.0 Å². The predicted octanol–water partition coefficient (Wildman–Crippen LogP) is 8.42. The maximum absolute atomic E-state index is 12.1. The Balaban J connectivity index is 0.000000201. The van der Waals surface area contributed by atoms with Crippen LogP contribution < -0.4 is 30.2 Å². The van der Waals surface area contributed by atoms with Crippen LogP contribution in [0, 0.1) is 0 Å². The lowest BCUT2D eigenvalue weighted by atomic mass is 10.2. The van der Waals surface area contributed by atoms with Gasteiger partial charge in [0.1, 0.15) is 31.2 Å². The number of imidazole rings is 2. The number of halogens is 1. The number of nitrogen functional groups attached to an aromatic ring is 1. The fourth-order valence-corrected chi connectivity index (χ4v) is 6.44. The third-order valence-electron chi connectivity index (χ3n) is 9.71. The number of fused-ring (bicyclic) bond motifs is 2. The first-order chi connectivity index (χ1) is 29.1. The first kappa shape index (κ1) is 43.6. The van der Waals surface area contributed by atoms with Crippen LogP contribution in [-0.4, -0.2) is 53.3 Å². The summed E-state index contributed by atoms with van der Waals surface area (Å²) in [4.78, 5) is 37.4. The number of nitrogens with zero attached hydrogens (tertiary/aromatic N) is 7. The van der Waals surface area contributed by atoms with Gasteiger partial charge in [0.2, 0.25) is 0 Å². The molecule has 6 aromatic rings. The van der Waals surface area contributed by atoms with Crippen LogP contribution in [-0.2, 0) is 26.3 Å². The second-order valence-electron chi connectivity index (χ2n) is 14.8. The smallest absolute Gasteiger partial charge is 0.298 e. The molecule has 0 radical (unpaired) electrons. The summed E-state index contributed by atoms with van der Waals surface area (Å²) in [6.45, 7) is 10.1. The summed E-state index contributed by atoms with van der Waals surface area (Å²) in [5.74, 6) is 5.76. The van der Waals surface area contributed by atoms with Crippen LogP contribution in [0.1, 0.15) is 73.4 Å². The topological polar surface area (TPSA) is 170 Å². The van der Waals surface area contributed by atoms with E-state index >= 15 is 0 Å². The number of hydrogen-bond acceptors (Lipinski definition) is 11. The van der Waals surface area contributed by atoms with E-state index in [1.54, 1.807) is 20.5 Å². The first-order valence-corrected chi connectivity index (χ1v) is 19.7. The normalized spacial score (nSPS) is 11.0. The molecular formula is C46H50ClN9O5. The number of nitrogens with one attached hydrogen (secondary N) is 1. The minimum atomic E-state index is -0.303. The molecule has 3 N–H and O–H groups in total. The van der Waals surface area contributed by atoms with Crippen molar-refractivity contribution in [2.45, 2.75) is 65.8 Å². The van der Waals surface area contributed by atoms with Gasteiger partial charge in [-0.05, 0) is 46.5 Å². The van der Waals surface area contributed by atoms with Crippen LogP contribution in [0.5, 0.6) is 23.0 Å². The minimum absolute atomic E-state index is 0. The Hall–Kier alpha value is -6.93. The standard InChI is InChI=1S/C23H25N5O2.C23H24N4O3.ClH/c1-15(2)22-26-20-21(24)25-14-28(23(20)27-22)12-17-9-10-18(29-3)19(11-17)30-13-16-7-5-4-6-8-16;1-15(2)21-25-20-22(26-21)27(14-24-23(20)28)12-17-9-10-18(29-3)19(11-17)30-13-16-7-5-4-6-8-16;/h4-11,14-15H,12-13,24H2,1-3H3;4-11,14-15H,12-13H2,1-3H3,(H,25,26);1H. The summed E-state index contributed by atoms with van der Waals surface area (Å²) in [5, 5.41) is 0. The van der Waals surface area contributed by atoms with E-state index in [1.807, 2.05) is 120 Å². The van der Waals surface area contributed by atoms with Crippen LogP contribution in [0.25, 0.3) is 22.7 Å². The van der Waals surface area contributed by atoms with Gasteiger partial charge in [0.25, 0.3) is 5.56 Å². The van der Waals surface area contributed by atoms with E-state index in [9.17, 15) is 4.79 Å². The molecule has 61 heavy (non-hydrogen) atoms.